The SMILES string of the molecule is CCC(CC)Nc1ncc([N+](=O)[O-])cn1. The smallest absolute Gasteiger partial charge is 0.305 e. The van der Waals surface area contributed by atoms with Crippen molar-refractivity contribution in [2.75, 3.05) is 5.32 Å². The van der Waals surface area contributed by atoms with Gasteiger partial charge in [-0.15, -0.1) is 0 Å². The Morgan fingerprint density at radius 2 is 1.93 bits per heavy atom. The maximum atomic E-state index is 10.4. The van der Waals surface area contributed by atoms with Gasteiger partial charge in [0.05, 0.1) is 4.92 Å². The number of hydrogen-bond acceptors (Lipinski definition) is 5. The molecule has 15 heavy (non-hydrogen) atoms. The fraction of sp³-hybridized carbons (Fsp3) is 0.556. The maximum Gasteiger partial charge on any atom is 0.305 e. The van der Waals surface area contributed by atoms with Gasteiger partial charge in [-0.05, 0) is 12.8 Å². The minimum atomic E-state index is -0.513. The summed E-state index contributed by atoms with van der Waals surface area (Å²) in [6.45, 7) is 4.12. The average Bonchev–Trinajstić information content (AvgIpc) is 2.26. The molecule has 0 radical (unpaired) electrons. The zero-order valence-corrected chi connectivity index (χ0v) is 8.80. The predicted molar refractivity (Wildman–Crippen MR) is 56.7 cm³/mol. The molecule has 0 aliphatic heterocycles. The van der Waals surface area contributed by atoms with Crippen LogP contribution in [0, 0.1) is 10.1 Å². The second-order valence-corrected chi connectivity index (χ2v) is 3.18. The number of aromatic nitrogens is 2. The van der Waals surface area contributed by atoms with E-state index in [1.807, 2.05) is 0 Å². The summed E-state index contributed by atoms with van der Waals surface area (Å²) in [6.07, 6.45) is 4.35. The monoisotopic (exact) mass is 210 g/mol. The van der Waals surface area contributed by atoms with Gasteiger partial charge in [-0.2, -0.15) is 0 Å². The normalized spacial score (nSPS) is 10.3. The first-order chi connectivity index (χ1) is 7.17. The van der Waals surface area contributed by atoms with E-state index < -0.39 is 4.92 Å². The van der Waals surface area contributed by atoms with Gasteiger partial charge in [0.15, 0.2) is 0 Å². The van der Waals surface area contributed by atoms with Crippen molar-refractivity contribution in [3.63, 3.8) is 0 Å². The van der Waals surface area contributed by atoms with Crippen LogP contribution in [0.4, 0.5) is 11.6 Å². The molecule has 0 aliphatic carbocycles. The Balaban J connectivity index is 2.67. The number of hydrogen-bond donors (Lipinski definition) is 1. The standard InChI is InChI=1S/C9H14N4O2/c1-3-7(4-2)12-9-10-5-8(6-11-9)13(14)15/h5-7H,3-4H2,1-2H3,(H,10,11,12). The molecule has 0 bridgehead atoms. The van der Waals surface area contributed by atoms with Gasteiger partial charge in [0, 0.05) is 6.04 Å². The fourth-order valence-corrected chi connectivity index (χ4v) is 1.17. The van der Waals surface area contributed by atoms with Crippen molar-refractivity contribution in [2.45, 2.75) is 32.7 Å². The topological polar surface area (TPSA) is 81.0 Å². The van der Waals surface area contributed by atoms with E-state index in [1.165, 1.54) is 12.4 Å². The highest BCUT2D eigenvalue weighted by molar-refractivity contribution is 5.31. The molecule has 0 saturated heterocycles. The molecule has 6 nitrogen and oxygen atoms in total. The van der Waals surface area contributed by atoms with Gasteiger partial charge in [0.2, 0.25) is 5.95 Å². The van der Waals surface area contributed by atoms with E-state index in [1.54, 1.807) is 0 Å². The van der Waals surface area contributed by atoms with E-state index in [0.29, 0.717) is 12.0 Å². The highest BCUT2D eigenvalue weighted by Crippen LogP contribution is 2.10. The highest BCUT2D eigenvalue weighted by Gasteiger charge is 2.08. The van der Waals surface area contributed by atoms with Crippen LogP contribution in [0.3, 0.4) is 0 Å². The van der Waals surface area contributed by atoms with Crippen LogP contribution in [0.25, 0.3) is 0 Å². The summed E-state index contributed by atoms with van der Waals surface area (Å²) in [5.41, 5.74) is -0.0925. The second kappa shape index (κ2) is 5.23. The molecule has 82 valence electrons. The summed E-state index contributed by atoms with van der Waals surface area (Å²) in [7, 11) is 0. The van der Waals surface area contributed by atoms with Crippen LogP contribution in [0.15, 0.2) is 12.4 Å². The third-order valence-electron chi connectivity index (χ3n) is 2.17. The largest absolute Gasteiger partial charge is 0.352 e. The quantitative estimate of drug-likeness (QED) is 0.593. The van der Waals surface area contributed by atoms with E-state index in [4.69, 9.17) is 0 Å². The molecule has 0 aliphatic rings. The lowest BCUT2D eigenvalue weighted by Crippen LogP contribution is -2.18. The van der Waals surface area contributed by atoms with Crippen LogP contribution in [0.1, 0.15) is 26.7 Å². The zero-order valence-electron chi connectivity index (χ0n) is 8.80. The van der Waals surface area contributed by atoms with Gasteiger partial charge in [0.1, 0.15) is 12.4 Å². The molecule has 1 aromatic heterocycles. The van der Waals surface area contributed by atoms with Gasteiger partial charge in [-0.3, -0.25) is 10.1 Å². The molecule has 0 unspecified atom stereocenters. The molecule has 1 rings (SSSR count). The Labute approximate surface area is 87.9 Å². The highest BCUT2D eigenvalue weighted by atomic mass is 16.6. The zero-order chi connectivity index (χ0) is 11.3. The first-order valence-corrected chi connectivity index (χ1v) is 4.90. The number of anilines is 1. The number of nitro groups is 1. The summed E-state index contributed by atoms with van der Waals surface area (Å²) in [6, 6.07) is 0.312. The summed E-state index contributed by atoms with van der Waals surface area (Å²) in [5, 5.41) is 13.5. The molecule has 1 N–H and O–H groups in total. The predicted octanol–water partition coefficient (Wildman–Crippen LogP) is 1.99. The third kappa shape index (κ3) is 3.16. The van der Waals surface area contributed by atoms with E-state index >= 15 is 0 Å². The van der Waals surface area contributed by atoms with Crippen LogP contribution >= 0.6 is 0 Å². The van der Waals surface area contributed by atoms with Crippen molar-refractivity contribution in [1.82, 2.24) is 9.97 Å². The van der Waals surface area contributed by atoms with Crippen LogP contribution in [0.2, 0.25) is 0 Å². The number of rotatable bonds is 5. The van der Waals surface area contributed by atoms with Crippen molar-refractivity contribution in [3.8, 4) is 0 Å². The Hall–Kier alpha value is -1.72. The van der Waals surface area contributed by atoms with Gasteiger partial charge in [0.25, 0.3) is 0 Å². The van der Waals surface area contributed by atoms with Crippen molar-refractivity contribution in [2.24, 2.45) is 0 Å². The van der Waals surface area contributed by atoms with E-state index in [9.17, 15) is 10.1 Å². The van der Waals surface area contributed by atoms with Gasteiger partial charge >= 0.3 is 5.69 Å². The Morgan fingerprint density at radius 1 is 1.40 bits per heavy atom. The molecule has 0 saturated carbocycles. The summed E-state index contributed by atoms with van der Waals surface area (Å²) in [5.74, 6) is 0.439. The lowest BCUT2D eigenvalue weighted by atomic mass is 10.2. The first kappa shape index (κ1) is 11.4. The molecular weight excluding hydrogens is 196 g/mol. The van der Waals surface area contributed by atoms with E-state index in [0.717, 1.165) is 12.8 Å². The second-order valence-electron chi connectivity index (χ2n) is 3.18. The molecular formula is C9H14N4O2. The molecule has 0 amide bonds. The number of nitrogens with zero attached hydrogens (tertiary/aromatic N) is 3. The van der Waals surface area contributed by atoms with Crippen LogP contribution in [-0.2, 0) is 0 Å². The van der Waals surface area contributed by atoms with Gasteiger partial charge in [-0.25, -0.2) is 9.97 Å². The number of nitrogens with one attached hydrogen (secondary N) is 1. The minimum absolute atomic E-state index is 0.0925. The minimum Gasteiger partial charge on any atom is -0.352 e. The Morgan fingerprint density at radius 3 is 2.33 bits per heavy atom. The maximum absolute atomic E-state index is 10.4. The van der Waals surface area contributed by atoms with Crippen molar-refractivity contribution in [1.29, 1.82) is 0 Å². The van der Waals surface area contributed by atoms with Crippen LogP contribution in [0.5, 0.6) is 0 Å². The Bertz CT molecular complexity index is 321. The van der Waals surface area contributed by atoms with Crippen molar-refractivity contribution >= 4 is 11.6 Å². The molecule has 1 heterocycles. The summed E-state index contributed by atoms with van der Waals surface area (Å²) in [4.78, 5) is 17.6. The molecule has 0 fully saturated rings. The molecule has 1 aromatic rings. The average molecular weight is 210 g/mol. The van der Waals surface area contributed by atoms with E-state index in [-0.39, 0.29) is 5.69 Å². The first-order valence-electron chi connectivity index (χ1n) is 4.90. The van der Waals surface area contributed by atoms with Crippen LogP contribution < -0.4 is 5.32 Å². The molecule has 0 aromatic carbocycles. The molecule has 0 atom stereocenters. The van der Waals surface area contributed by atoms with Crippen LogP contribution in [-0.4, -0.2) is 20.9 Å². The summed E-state index contributed by atoms with van der Waals surface area (Å²) >= 11 is 0. The lowest BCUT2D eigenvalue weighted by molar-refractivity contribution is -0.385. The third-order valence-corrected chi connectivity index (χ3v) is 2.17. The summed E-state index contributed by atoms with van der Waals surface area (Å²) < 4.78 is 0. The lowest BCUT2D eigenvalue weighted by Gasteiger charge is -2.13. The van der Waals surface area contributed by atoms with Gasteiger partial charge < -0.3 is 5.32 Å². The Kier molecular flexibility index (Phi) is 3.96. The van der Waals surface area contributed by atoms with E-state index in [2.05, 4.69) is 29.1 Å². The van der Waals surface area contributed by atoms with Crippen molar-refractivity contribution < 1.29 is 4.92 Å². The molecule has 6 heteroatoms. The van der Waals surface area contributed by atoms with Crippen molar-refractivity contribution in [3.05, 3.63) is 22.5 Å². The van der Waals surface area contributed by atoms with Gasteiger partial charge in [-0.1, -0.05) is 13.8 Å². The fourth-order valence-electron chi connectivity index (χ4n) is 1.17. The molecule has 0 spiro atoms.